The Balaban J connectivity index is 2.11. The highest BCUT2D eigenvalue weighted by atomic mass is 14.2. The summed E-state index contributed by atoms with van der Waals surface area (Å²) >= 11 is 0. The van der Waals surface area contributed by atoms with Gasteiger partial charge in [0.15, 0.2) is 0 Å². The molecular formula is C20H17. The Morgan fingerprint density at radius 1 is 0.650 bits per heavy atom. The van der Waals surface area contributed by atoms with Crippen molar-refractivity contribution in [3.05, 3.63) is 107 Å². The van der Waals surface area contributed by atoms with Crippen LogP contribution < -0.4 is 0 Å². The zero-order chi connectivity index (χ0) is 13.8. The molecule has 0 bridgehead atoms. The Morgan fingerprint density at radius 2 is 1.20 bits per heavy atom. The van der Waals surface area contributed by atoms with E-state index in [-0.39, 0.29) is 5.92 Å². The summed E-state index contributed by atoms with van der Waals surface area (Å²) in [6.07, 6.45) is 0. The first-order valence-electron chi connectivity index (χ1n) is 6.92. The van der Waals surface area contributed by atoms with E-state index in [9.17, 15) is 0 Å². The second-order valence-electron chi connectivity index (χ2n) is 5.09. The molecule has 3 aromatic carbocycles. The maximum absolute atomic E-state index is 3.10. The van der Waals surface area contributed by atoms with E-state index in [0.29, 0.717) is 0 Å². The normalized spacial score (nSPS) is 10.7. The van der Waals surface area contributed by atoms with Crippen LogP contribution in [0.3, 0.4) is 0 Å². The molecule has 0 heteroatoms. The smallest absolute Gasteiger partial charge is 0.0339 e. The van der Waals surface area contributed by atoms with Gasteiger partial charge in [0.2, 0.25) is 0 Å². The number of hydrogen-bond acceptors (Lipinski definition) is 0. The fourth-order valence-electron chi connectivity index (χ4n) is 2.57. The fraction of sp³-hybridized carbons (Fsp3) is 0.100. The van der Waals surface area contributed by atoms with E-state index < -0.39 is 0 Å². The summed E-state index contributed by atoms with van der Waals surface area (Å²) in [5.74, 6) is 0.284. The quantitative estimate of drug-likeness (QED) is 0.581. The highest BCUT2D eigenvalue weighted by molar-refractivity contribution is 5.43. The molecule has 0 aromatic heterocycles. The zero-order valence-electron chi connectivity index (χ0n) is 11.6. The average Bonchev–Trinajstić information content (AvgIpc) is 2.52. The Bertz CT molecular complexity index is 612. The minimum atomic E-state index is 0.284. The highest BCUT2D eigenvalue weighted by Crippen LogP contribution is 2.31. The third kappa shape index (κ3) is 2.65. The average molecular weight is 257 g/mol. The van der Waals surface area contributed by atoms with Crippen LogP contribution in [0.2, 0.25) is 0 Å². The van der Waals surface area contributed by atoms with Gasteiger partial charge in [0.1, 0.15) is 0 Å². The lowest BCUT2D eigenvalue weighted by Crippen LogP contribution is -2.03. The summed E-state index contributed by atoms with van der Waals surface area (Å²) in [5.41, 5.74) is 5.25. The van der Waals surface area contributed by atoms with Crippen LogP contribution in [0.5, 0.6) is 0 Å². The number of rotatable bonds is 3. The van der Waals surface area contributed by atoms with Crippen molar-refractivity contribution < 1.29 is 0 Å². The minimum Gasteiger partial charge on any atom is -0.0622 e. The van der Waals surface area contributed by atoms with Crippen LogP contribution in [0.4, 0.5) is 0 Å². The molecule has 0 aliphatic heterocycles. The molecule has 0 heterocycles. The molecule has 97 valence electrons. The van der Waals surface area contributed by atoms with Crippen LogP contribution in [0, 0.1) is 13.0 Å². The summed E-state index contributed by atoms with van der Waals surface area (Å²) < 4.78 is 0. The van der Waals surface area contributed by atoms with Gasteiger partial charge >= 0.3 is 0 Å². The maximum Gasteiger partial charge on any atom is 0.0339 e. The predicted molar refractivity (Wildman–Crippen MR) is 83.8 cm³/mol. The molecular weight excluding hydrogens is 240 g/mol. The molecule has 1 radical (unpaired) electrons. The second-order valence-corrected chi connectivity index (χ2v) is 5.09. The van der Waals surface area contributed by atoms with E-state index in [1.54, 1.807) is 0 Å². The fourth-order valence-corrected chi connectivity index (χ4v) is 2.57. The van der Waals surface area contributed by atoms with Gasteiger partial charge in [-0.3, -0.25) is 0 Å². The predicted octanol–water partition coefficient (Wildman–Crippen LogP) is 4.98. The molecule has 1 atom stereocenters. The van der Waals surface area contributed by atoms with Gasteiger partial charge in [0.05, 0.1) is 0 Å². The van der Waals surface area contributed by atoms with Crippen LogP contribution in [-0.4, -0.2) is 0 Å². The van der Waals surface area contributed by atoms with Crippen molar-refractivity contribution in [2.45, 2.75) is 12.8 Å². The van der Waals surface area contributed by atoms with Crippen molar-refractivity contribution in [1.29, 1.82) is 0 Å². The standard InChI is InChI=1S/C20H17/c1-16-12-14-19(15-13-16)20(17-8-4-2-5-9-17)18-10-6-3-7-11-18/h2,4-15,20H,1H3. The van der Waals surface area contributed by atoms with Gasteiger partial charge in [-0.25, -0.2) is 0 Å². The summed E-state index contributed by atoms with van der Waals surface area (Å²) in [6, 6.07) is 30.8. The van der Waals surface area contributed by atoms with Crippen LogP contribution in [0.25, 0.3) is 0 Å². The SMILES string of the molecule is Cc1ccc(C(c2cc[c]cc2)c2ccccc2)cc1. The molecule has 0 amide bonds. The Labute approximate surface area is 120 Å². The third-order valence-corrected chi connectivity index (χ3v) is 3.62. The van der Waals surface area contributed by atoms with E-state index in [1.807, 2.05) is 12.1 Å². The number of benzene rings is 3. The van der Waals surface area contributed by atoms with E-state index in [4.69, 9.17) is 0 Å². The van der Waals surface area contributed by atoms with Crippen LogP contribution in [0.1, 0.15) is 28.2 Å². The van der Waals surface area contributed by atoms with Crippen LogP contribution in [0.15, 0.2) is 78.9 Å². The van der Waals surface area contributed by atoms with E-state index >= 15 is 0 Å². The molecule has 20 heavy (non-hydrogen) atoms. The van der Waals surface area contributed by atoms with Gasteiger partial charge in [0, 0.05) is 5.92 Å². The molecule has 0 spiro atoms. The molecule has 0 saturated heterocycles. The first-order valence-corrected chi connectivity index (χ1v) is 6.92. The molecule has 0 N–H and O–H groups in total. The summed E-state index contributed by atoms with van der Waals surface area (Å²) in [4.78, 5) is 0. The monoisotopic (exact) mass is 257 g/mol. The third-order valence-electron chi connectivity index (χ3n) is 3.62. The zero-order valence-corrected chi connectivity index (χ0v) is 11.6. The van der Waals surface area contributed by atoms with Crippen molar-refractivity contribution in [1.82, 2.24) is 0 Å². The van der Waals surface area contributed by atoms with Crippen molar-refractivity contribution in [2.75, 3.05) is 0 Å². The Morgan fingerprint density at radius 3 is 1.85 bits per heavy atom. The Kier molecular flexibility index (Phi) is 3.64. The molecule has 1 unspecified atom stereocenters. The summed E-state index contributed by atoms with van der Waals surface area (Å²) in [5, 5.41) is 0. The molecule has 0 nitrogen and oxygen atoms in total. The van der Waals surface area contributed by atoms with E-state index in [0.717, 1.165) is 0 Å². The minimum absolute atomic E-state index is 0.284. The van der Waals surface area contributed by atoms with Gasteiger partial charge in [-0.05, 0) is 29.7 Å². The molecule has 0 saturated carbocycles. The first kappa shape index (κ1) is 12.7. The first-order chi connectivity index (χ1) is 9.84. The van der Waals surface area contributed by atoms with Crippen molar-refractivity contribution in [3.63, 3.8) is 0 Å². The van der Waals surface area contributed by atoms with Crippen LogP contribution >= 0.6 is 0 Å². The van der Waals surface area contributed by atoms with Gasteiger partial charge in [-0.2, -0.15) is 0 Å². The Hall–Kier alpha value is -2.34. The van der Waals surface area contributed by atoms with Crippen molar-refractivity contribution >= 4 is 0 Å². The van der Waals surface area contributed by atoms with E-state index in [1.165, 1.54) is 22.3 Å². The second kappa shape index (κ2) is 5.75. The van der Waals surface area contributed by atoms with Gasteiger partial charge < -0.3 is 0 Å². The molecule has 3 rings (SSSR count). The lowest BCUT2D eigenvalue weighted by atomic mass is 9.85. The molecule has 0 fully saturated rings. The lowest BCUT2D eigenvalue weighted by Gasteiger charge is -2.19. The topological polar surface area (TPSA) is 0 Å². The maximum atomic E-state index is 3.10. The van der Waals surface area contributed by atoms with E-state index in [2.05, 4.69) is 79.7 Å². The van der Waals surface area contributed by atoms with Crippen molar-refractivity contribution in [2.24, 2.45) is 0 Å². The van der Waals surface area contributed by atoms with Gasteiger partial charge in [0.25, 0.3) is 0 Å². The number of hydrogen-bond donors (Lipinski definition) is 0. The molecule has 0 aliphatic carbocycles. The summed E-state index contributed by atoms with van der Waals surface area (Å²) in [7, 11) is 0. The largest absolute Gasteiger partial charge is 0.0622 e. The van der Waals surface area contributed by atoms with Crippen LogP contribution in [-0.2, 0) is 0 Å². The summed E-state index contributed by atoms with van der Waals surface area (Å²) in [6.45, 7) is 2.12. The lowest BCUT2D eigenvalue weighted by molar-refractivity contribution is 0.976. The number of aryl methyl sites for hydroxylation is 1. The molecule has 0 aliphatic rings. The van der Waals surface area contributed by atoms with Gasteiger partial charge in [-0.15, -0.1) is 0 Å². The van der Waals surface area contributed by atoms with Gasteiger partial charge in [-0.1, -0.05) is 84.4 Å². The molecule has 3 aromatic rings. The van der Waals surface area contributed by atoms with Crippen molar-refractivity contribution in [3.8, 4) is 0 Å². The highest BCUT2D eigenvalue weighted by Gasteiger charge is 2.15.